The molecule has 0 saturated heterocycles. The van der Waals surface area contributed by atoms with Crippen molar-refractivity contribution in [3.63, 3.8) is 0 Å². The van der Waals surface area contributed by atoms with Gasteiger partial charge in [-0.15, -0.1) is 0 Å². The number of amidine groups is 1. The smallest absolute Gasteiger partial charge is 0.123 e. The highest BCUT2D eigenvalue weighted by molar-refractivity contribution is 6.26. The van der Waals surface area contributed by atoms with Crippen molar-refractivity contribution in [1.82, 2.24) is 5.48 Å². The van der Waals surface area contributed by atoms with Gasteiger partial charge in [-0.05, 0) is 50.3 Å². The zero-order chi connectivity index (χ0) is 15.9. The third-order valence-electron chi connectivity index (χ3n) is 3.85. The summed E-state index contributed by atoms with van der Waals surface area (Å²) in [7, 11) is 0. The van der Waals surface area contributed by atoms with Crippen LogP contribution >= 0.6 is 0 Å². The minimum absolute atomic E-state index is 0.430. The van der Waals surface area contributed by atoms with E-state index in [-0.39, 0.29) is 0 Å². The monoisotopic (exact) mass is 301 g/mol. The highest BCUT2D eigenvalue weighted by Gasteiger charge is 2.22. The number of hydrogen-bond donors (Lipinski definition) is 3. The fourth-order valence-corrected chi connectivity index (χ4v) is 2.78. The van der Waals surface area contributed by atoms with Crippen LogP contribution in [-0.4, -0.2) is 22.0 Å². The summed E-state index contributed by atoms with van der Waals surface area (Å²) < 4.78 is 0. The number of nitrogens with zero attached hydrogens (tertiary/aromatic N) is 2. The molecule has 0 spiro atoms. The summed E-state index contributed by atoms with van der Waals surface area (Å²) in [5.41, 5.74) is 6.97. The van der Waals surface area contributed by atoms with Gasteiger partial charge in [-0.3, -0.25) is 10.7 Å². The van der Waals surface area contributed by atoms with E-state index in [9.17, 15) is 5.21 Å². The first-order chi connectivity index (χ1) is 10.7. The molecule has 0 saturated carbocycles. The van der Waals surface area contributed by atoms with Gasteiger partial charge in [0.2, 0.25) is 0 Å². The second-order valence-electron chi connectivity index (χ2n) is 5.49. The fraction of sp³-hybridized carbons (Fsp3) is 0.412. The molecule has 5 heteroatoms. The Kier molecular flexibility index (Phi) is 5.72. The summed E-state index contributed by atoms with van der Waals surface area (Å²) in [6.07, 6.45) is 5.07. The molecule has 1 aromatic rings. The van der Waals surface area contributed by atoms with Crippen LogP contribution in [0.15, 0.2) is 40.0 Å². The van der Waals surface area contributed by atoms with E-state index in [1.165, 1.54) is 5.57 Å². The summed E-state index contributed by atoms with van der Waals surface area (Å²) >= 11 is 0. The minimum Gasteiger partial charge on any atom is -0.411 e. The first-order valence-corrected chi connectivity index (χ1v) is 7.68. The Morgan fingerprint density at radius 2 is 2.14 bits per heavy atom. The second kappa shape index (κ2) is 7.75. The average molecular weight is 301 g/mol. The summed E-state index contributed by atoms with van der Waals surface area (Å²) in [6.45, 7) is 3.87. The van der Waals surface area contributed by atoms with Gasteiger partial charge in [0, 0.05) is 5.57 Å². The molecule has 1 aliphatic carbocycles. The lowest BCUT2D eigenvalue weighted by Gasteiger charge is -2.09. The van der Waals surface area contributed by atoms with Gasteiger partial charge in [0.1, 0.15) is 5.84 Å². The first-order valence-electron chi connectivity index (χ1n) is 7.68. The van der Waals surface area contributed by atoms with Gasteiger partial charge in [0.15, 0.2) is 0 Å². The molecule has 1 aliphatic rings. The summed E-state index contributed by atoms with van der Waals surface area (Å²) in [6, 6.07) is 7.77. The van der Waals surface area contributed by atoms with Crippen molar-refractivity contribution >= 4 is 22.8 Å². The number of allylic oxidation sites excluding steroid dienone is 2. The molecule has 0 radical (unpaired) electrons. The van der Waals surface area contributed by atoms with Gasteiger partial charge in [-0.25, -0.2) is 4.99 Å². The average Bonchev–Trinajstić information content (AvgIpc) is 2.95. The molecule has 0 fully saturated rings. The Balaban J connectivity index is 2.40. The quantitative estimate of drug-likeness (QED) is 0.329. The van der Waals surface area contributed by atoms with Crippen molar-refractivity contribution in [3.8, 4) is 0 Å². The standard InChI is InChI=1S/C17H23N3O2/c1-3-4-6-13-9-10-16(20-22)17(13)14-7-5-8-15(11-14)18-12(2)19-21/h5,7-8,11,21-22H,3-4,6,9-10H2,1-2H3,(H,18,19). The lowest BCUT2D eigenvalue weighted by Crippen LogP contribution is -2.13. The number of benzene rings is 1. The molecule has 0 bridgehead atoms. The Morgan fingerprint density at radius 3 is 2.82 bits per heavy atom. The largest absolute Gasteiger partial charge is 0.411 e. The summed E-state index contributed by atoms with van der Waals surface area (Å²) in [5.74, 6) is 0.430. The van der Waals surface area contributed by atoms with E-state index in [2.05, 4.69) is 17.1 Å². The second-order valence-corrected chi connectivity index (χ2v) is 5.49. The number of hydroxylamine groups is 1. The zero-order valence-corrected chi connectivity index (χ0v) is 13.1. The van der Waals surface area contributed by atoms with Crippen LogP contribution in [0.25, 0.3) is 5.57 Å². The molecular formula is C17H23N3O2. The Labute approximate surface area is 131 Å². The van der Waals surface area contributed by atoms with Crippen LogP contribution in [0, 0.1) is 0 Å². The molecule has 5 nitrogen and oxygen atoms in total. The lowest BCUT2D eigenvalue weighted by atomic mass is 9.97. The van der Waals surface area contributed by atoms with E-state index in [1.54, 1.807) is 6.92 Å². The third-order valence-corrected chi connectivity index (χ3v) is 3.85. The van der Waals surface area contributed by atoms with Crippen molar-refractivity contribution in [1.29, 1.82) is 0 Å². The van der Waals surface area contributed by atoms with Crippen LogP contribution < -0.4 is 5.48 Å². The Bertz CT molecular complexity index is 618. The first kappa shape index (κ1) is 16.2. The molecule has 0 atom stereocenters. The van der Waals surface area contributed by atoms with Crippen molar-refractivity contribution in [2.75, 3.05) is 0 Å². The van der Waals surface area contributed by atoms with Crippen molar-refractivity contribution in [3.05, 3.63) is 35.4 Å². The van der Waals surface area contributed by atoms with Crippen LogP contribution in [0.4, 0.5) is 5.69 Å². The van der Waals surface area contributed by atoms with E-state index in [0.717, 1.165) is 54.6 Å². The molecule has 118 valence electrons. The van der Waals surface area contributed by atoms with E-state index in [4.69, 9.17) is 5.21 Å². The molecule has 0 aromatic heterocycles. The van der Waals surface area contributed by atoms with Gasteiger partial charge >= 0.3 is 0 Å². The van der Waals surface area contributed by atoms with Gasteiger partial charge in [0.25, 0.3) is 0 Å². The fourth-order valence-electron chi connectivity index (χ4n) is 2.78. The van der Waals surface area contributed by atoms with E-state index in [1.807, 2.05) is 29.7 Å². The van der Waals surface area contributed by atoms with E-state index < -0.39 is 0 Å². The van der Waals surface area contributed by atoms with Crippen molar-refractivity contribution < 1.29 is 10.4 Å². The molecular weight excluding hydrogens is 278 g/mol. The predicted molar refractivity (Wildman–Crippen MR) is 89.0 cm³/mol. The third kappa shape index (κ3) is 3.74. The predicted octanol–water partition coefficient (Wildman–Crippen LogP) is 4.28. The summed E-state index contributed by atoms with van der Waals surface area (Å²) in [5, 5.41) is 21.6. The van der Waals surface area contributed by atoms with Crippen molar-refractivity contribution in [2.45, 2.75) is 46.0 Å². The van der Waals surface area contributed by atoms with Crippen molar-refractivity contribution in [2.24, 2.45) is 10.1 Å². The number of unbranched alkanes of at least 4 members (excludes halogenated alkanes) is 1. The van der Waals surface area contributed by atoms with Gasteiger partial charge in [-0.1, -0.05) is 36.2 Å². The van der Waals surface area contributed by atoms with Crippen LogP contribution in [0.1, 0.15) is 51.5 Å². The molecule has 1 aromatic carbocycles. The molecule has 0 amide bonds. The molecule has 0 heterocycles. The molecule has 0 aliphatic heterocycles. The number of oxime groups is 1. The van der Waals surface area contributed by atoms with Crippen LogP contribution in [0.3, 0.4) is 0 Å². The normalized spacial score (nSPS) is 17.4. The maximum atomic E-state index is 9.28. The van der Waals surface area contributed by atoms with Crippen LogP contribution in [-0.2, 0) is 0 Å². The van der Waals surface area contributed by atoms with E-state index >= 15 is 0 Å². The minimum atomic E-state index is 0.430. The maximum absolute atomic E-state index is 9.28. The lowest BCUT2D eigenvalue weighted by molar-refractivity contribution is 0.234. The van der Waals surface area contributed by atoms with E-state index in [0.29, 0.717) is 5.84 Å². The number of hydrogen-bond acceptors (Lipinski definition) is 4. The number of aliphatic imine (C=N–C) groups is 1. The van der Waals surface area contributed by atoms with Crippen LogP contribution in [0.2, 0.25) is 0 Å². The molecule has 2 rings (SSSR count). The number of rotatable bonds is 5. The maximum Gasteiger partial charge on any atom is 0.123 e. The highest BCUT2D eigenvalue weighted by atomic mass is 16.5. The summed E-state index contributed by atoms with van der Waals surface area (Å²) in [4.78, 5) is 4.28. The SMILES string of the molecule is CCCCC1=C(c2cccc(N=C(C)NO)c2)C(=NO)CC1. The van der Waals surface area contributed by atoms with Gasteiger partial charge < -0.3 is 5.21 Å². The van der Waals surface area contributed by atoms with Gasteiger partial charge in [-0.2, -0.15) is 0 Å². The topological polar surface area (TPSA) is 77.2 Å². The molecule has 0 unspecified atom stereocenters. The molecule has 3 N–H and O–H groups in total. The Hall–Kier alpha value is -2.14. The zero-order valence-electron chi connectivity index (χ0n) is 13.1. The Morgan fingerprint density at radius 1 is 1.32 bits per heavy atom. The number of nitrogens with one attached hydrogen (secondary N) is 1. The highest BCUT2D eigenvalue weighted by Crippen LogP contribution is 2.35. The molecule has 22 heavy (non-hydrogen) atoms. The van der Waals surface area contributed by atoms with Crippen LogP contribution in [0.5, 0.6) is 0 Å². The van der Waals surface area contributed by atoms with Gasteiger partial charge in [0.05, 0.1) is 11.4 Å².